The molecule has 1 saturated carbocycles. The molecule has 0 radical (unpaired) electrons. The van der Waals surface area contributed by atoms with Crippen LogP contribution in [0.2, 0.25) is 0 Å². The number of carbonyl (C=O) groups is 1. The molecule has 1 fully saturated rings. The van der Waals surface area contributed by atoms with Crippen LogP contribution in [0.3, 0.4) is 0 Å². The van der Waals surface area contributed by atoms with Crippen LogP contribution in [-0.4, -0.2) is 42.5 Å². The van der Waals surface area contributed by atoms with Gasteiger partial charge in [0.1, 0.15) is 5.65 Å². The zero-order valence-electron chi connectivity index (χ0n) is 16.6. The smallest absolute Gasteiger partial charge is 0.404 e. The van der Waals surface area contributed by atoms with Crippen molar-refractivity contribution in [2.75, 3.05) is 11.9 Å². The number of rotatable bonds is 6. The Labute approximate surface area is 173 Å². The van der Waals surface area contributed by atoms with Crippen molar-refractivity contribution in [1.82, 2.24) is 30.0 Å². The predicted molar refractivity (Wildman–Crippen MR) is 116 cm³/mol. The first kappa shape index (κ1) is 19.7. The number of nitrogens with one attached hydrogen (secondary N) is 3. The summed E-state index contributed by atoms with van der Waals surface area (Å²) in [7, 11) is 0. The molecule has 0 bridgehead atoms. The van der Waals surface area contributed by atoms with Crippen molar-refractivity contribution in [3.8, 4) is 0 Å². The molecule has 3 heterocycles. The maximum atomic E-state index is 10.5. The number of benzene rings is 1. The summed E-state index contributed by atoms with van der Waals surface area (Å²) in [5.41, 5.74) is 2.65. The Kier molecular flexibility index (Phi) is 6.07. The monoisotopic (exact) mass is 407 g/mol. The fraction of sp³-hybridized carbons (Fsp3) is 0.333. The van der Waals surface area contributed by atoms with E-state index in [1.54, 1.807) is 12.4 Å². The second kappa shape index (κ2) is 9.25. The van der Waals surface area contributed by atoms with Gasteiger partial charge in [-0.05, 0) is 30.7 Å². The Hall–Kier alpha value is -3.62. The highest BCUT2D eigenvalue weighted by atomic mass is 16.4. The topological polar surface area (TPSA) is 121 Å². The standard InChI is InChI=1S/C17H17N7O2.C4H8/c25-17(26)18-5-1-6-24-7-4-11-9-19-16(22-15(11)24)21-13-2-3-14-12(8-13)10-20-23-14;1-2-4-3-1/h2-4,7-10,18H,1,5-6H2,(H,20,23)(H,25,26)(H,19,21,22);1-4H2. The van der Waals surface area contributed by atoms with Gasteiger partial charge in [-0.1, -0.05) is 25.7 Å². The summed E-state index contributed by atoms with van der Waals surface area (Å²) in [5.74, 6) is 0.504. The van der Waals surface area contributed by atoms with Crippen molar-refractivity contribution in [1.29, 1.82) is 0 Å². The van der Waals surface area contributed by atoms with Crippen LogP contribution in [-0.2, 0) is 6.54 Å². The molecule has 1 aliphatic rings. The Morgan fingerprint density at radius 2 is 1.97 bits per heavy atom. The largest absolute Gasteiger partial charge is 0.465 e. The van der Waals surface area contributed by atoms with Gasteiger partial charge in [-0.2, -0.15) is 10.1 Å². The van der Waals surface area contributed by atoms with Crippen molar-refractivity contribution in [3.63, 3.8) is 0 Å². The Morgan fingerprint density at radius 1 is 1.13 bits per heavy atom. The fourth-order valence-corrected chi connectivity index (χ4v) is 3.06. The zero-order valence-corrected chi connectivity index (χ0v) is 16.6. The van der Waals surface area contributed by atoms with Crippen molar-refractivity contribution < 1.29 is 9.90 Å². The van der Waals surface area contributed by atoms with E-state index in [2.05, 4.69) is 30.8 Å². The van der Waals surface area contributed by atoms with Crippen LogP contribution in [0, 0.1) is 0 Å². The van der Waals surface area contributed by atoms with Gasteiger partial charge in [0.15, 0.2) is 0 Å². The van der Waals surface area contributed by atoms with Gasteiger partial charge in [-0.3, -0.25) is 5.10 Å². The van der Waals surface area contributed by atoms with E-state index < -0.39 is 6.09 Å². The number of aryl methyl sites for hydroxylation is 1. The first-order chi connectivity index (χ1) is 14.7. The van der Waals surface area contributed by atoms with Crippen LogP contribution in [0.1, 0.15) is 32.1 Å². The van der Waals surface area contributed by atoms with Crippen molar-refractivity contribution in [2.45, 2.75) is 38.6 Å². The normalized spacial score (nSPS) is 12.8. The average molecular weight is 407 g/mol. The Bertz CT molecular complexity index is 1130. The molecule has 0 aliphatic heterocycles. The average Bonchev–Trinajstić information content (AvgIpc) is 3.30. The molecule has 156 valence electrons. The molecular weight excluding hydrogens is 382 g/mol. The number of anilines is 2. The lowest BCUT2D eigenvalue weighted by Gasteiger charge is -2.07. The predicted octanol–water partition coefficient (Wildman–Crippen LogP) is 4.27. The van der Waals surface area contributed by atoms with Crippen LogP contribution in [0.4, 0.5) is 16.4 Å². The van der Waals surface area contributed by atoms with E-state index in [-0.39, 0.29) is 0 Å². The van der Waals surface area contributed by atoms with Crippen molar-refractivity contribution in [3.05, 3.63) is 42.9 Å². The maximum Gasteiger partial charge on any atom is 0.404 e. The number of nitrogens with zero attached hydrogens (tertiary/aromatic N) is 4. The summed E-state index contributed by atoms with van der Waals surface area (Å²) in [6, 6.07) is 7.80. The van der Waals surface area contributed by atoms with Crippen LogP contribution in [0.25, 0.3) is 21.9 Å². The Morgan fingerprint density at radius 3 is 2.73 bits per heavy atom. The van der Waals surface area contributed by atoms with Gasteiger partial charge in [0, 0.05) is 41.9 Å². The number of amides is 1. The molecule has 9 nitrogen and oxygen atoms in total. The highest BCUT2D eigenvalue weighted by Gasteiger charge is 2.07. The quantitative estimate of drug-likeness (QED) is 0.354. The lowest BCUT2D eigenvalue weighted by Crippen LogP contribution is -2.22. The number of aromatic nitrogens is 5. The number of H-pyrrole nitrogens is 1. The minimum absolute atomic E-state index is 0.399. The highest BCUT2D eigenvalue weighted by Crippen LogP contribution is 2.21. The summed E-state index contributed by atoms with van der Waals surface area (Å²) in [6.07, 6.45) is 11.1. The molecule has 1 amide bonds. The third kappa shape index (κ3) is 4.86. The van der Waals surface area contributed by atoms with E-state index >= 15 is 0 Å². The van der Waals surface area contributed by atoms with Gasteiger partial charge >= 0.3 is 6.09 Å². The van der Waals surface area contributed by atoms with E-state index in [0.29, 0.717) is 25.5 Å². The van der Waals surface area contributed by atoms with Gasteiger partial charge in [0.05, 0.1) is 11.7 Å². The molecule has 30 heavy (non-hydrogen) atoms. The zero-order chi connectivity index (χ0) is 20.8. The molecule has 0 saturated heterocycles. The number of aromatic amines is 1. The molecule has 4 N–H and O–H groups in total. The van der Waals surface area contributed by atoms with Crippen molar-refractivity contribution >= 4 is 39.7 Å². The van der Waals surface area contributed by atoms with Crippen LogP contribution >= 0.6 is 0 Å². The third-order valence-electron chi connectivity index (χ3n) is 5.05. The molecule has 1 aliphatic carbocycles. The molecular formula is C21H25N7O2. The fourth-order valence-electron chi connectivity index (χ4n) is 3.06. The summed E-state index contributed by atoms with van der Waals surface area (Å²) < 4.78 is 1.99. The van der Waals surface area contributed by atoms with E-state index in [0.717, 1.165) is 27.6 Å². The number of carboxylic acid groups (broad SMARTS) is 1. The van der Waals surface area contributed by atoms with E-state index in [4.69, 9.17) is 5.11 Å². The molecule has 1 aromatic carbocycles. The van der Waals surface area contributed by atoms with Crippen LogP contribution in [0.15, 0.2) is 42.9 Å². The molecule has 3 aromatic heterocycles. The van der Waals surface area contributed by atoms with Gasteiger partial charge < -0.3 is 20.3 Å². The second-order valence-corrected chi connectivity index (χ2v) is 7.28. The van der Waals surface area contributed by atoms with Gasteiger partial charge in [-0.15, -0.1) is 0 Å². The molecule has 4 aromatic rings. The number of hydrogen-bond donors (Lipinski definition) is 4. The third-order valence-corrected chi connectivity index (χ3v) is 5.05. The summed E-state index contributed by atoms with van der Waals surface area (Å²) in [5, 5.41) is 23.1. The highest BCUT2D eigenvalue weighted by molar-refractivity contribution is 5.83. The molecule has 0 unspecified atom stereocenters. The van der Waals surface area contributed by atoms with E-state index in [1.165, 1.54) is 25.7 Å². The molecule has 9 heteroatoms. The van der Waals surface area contributed by atoms with Gasteiger partial charge in [0.2, 0.25) is 5.95 Å². The second-order valence-electron chi connectivity index (χ2n) is 7.28. The molecule has 5 rings (SSSR count). The summed E-state index contributed by atoms with van der Waals surface area (Å²) >= 11 is 0. The van der Waals surface area contributed by atoms with Crippen molar-refractivity contribution in [2.24, 2.45) is 0 Å². The maximum absolute atomic E-state index is 10.5. The van der Waals surface area contributed by atoms with E-state index in [9.17, 15) is 4.79 Å². The van der Waals surface area contributed by atoms with Gasteiger partial charge in [-0.25, -0.2) is 9.78 Å². The lowest BCUT2D eigenvalue weighted by atomic mass is 10.0. The Balaban J connectivity index is 0.000000489. The molecule has 0 spiro atoms. The number of fused-ring (bicyclic) bond motifs is 2. The van der Waals surface area contributed by atoms with E-state index in [1.807, 2.05) is 35.0 Å². The lowest BCUT2D eigenvalue weighted by molar-refractivity contribution is 0.194. The summed E-state index contributed by atoms with van der Waals surface area (Å²) in [6.45, 7) is 1.07. The van der Waals surface area contributed by atoms with Crippen LogP contribution in [0.5, 0.6) is 0 Å². The minimum atomic E-state index is -1.01. The van der Waals surface area contributed by atoms with Crippen LogP contribution < -0.4 is 10.6 Å². The summed E-state index contributed by atoms with van der Waals surface area (Å²) in [4.78, 5) is 19.4. The minimum Gasteiger partial charge on any atom is -0.465 e. The first-order valence-electron chi connectivity index (χ1n) is 10.2. The molecule has 0 atom stereocenters. The first-order valence-corrected chi connectivity index (χ1v) is 10.2. The number of hydrogen-bond acceptors (Lipinski definition) is 5. The SMILES string of the molecule is C1CCC1.O=C(O)NCCCn1ccc2cnc(Nc3ccc4[nH]ncc4c3)nc21. The van der Waals surface area contributed by atoms with Gasteiger partial charge in [0.25, 0.3) is 0 Å².